The molecule has 2 atom stereocenters. The Morgan fingerprint density at radius 3 is 2.00 bits per heavy atom. The van der Waals surface area contributed by atoms with Crippen molar-refractivity contribution in [1.29, 1.82) is 0 Å². The minimum Gasteiger partial charge on any atom is -0.352 e. The molecule has 2 N–H and O–H groups in total. The highest BCUT2D eigenvalue weighted by molar-refractivity contribution is 5.86. The van der Waals surface area contributed by atoms with Crippen LogP contribution in [-0.4, -0.2) is 23.9 Å². The molecule has 0 aromatic rings. The quantitative estimate of drug-likeness (QED) is 0.719. The maximum absolute atomic E-state index is 11.5. The van der Waals surface area contributed by atoms with E-state index in [0.29, 0.717) is 5.92 Å². The molecular weight excluding hydrogens is 192 g/mol. The maximum Gasteiger partial charge on any atom is 0.242 e. The first-order valence-electron chi connectivity index (χ1n) is 5.40. The van der Waals surface area contributed by atoms with Crippen LogP contribution in [0.15, 0.2) is 0 Å². The van der Waals surface area contributed by atoms with Gasteiger partial charge >= 0.3 is 0 Å². The van der Waals surface area contributed by atoms with Crippen molar-refractivity contribution in [2.45, 2.75) is 53.1 Å². The lowest BCUT2D eigenvalue weighted by atomic mass is 10.1. The molecular formula is C11H22N2O2. The van der Waals surface area contributed by atoms with Gasteiger partial charge in [0.2, 0.25) is 11.8 Å². The lowest BCUT2D eigenvalue weighted by Crippen LogP contribution is -2.47. The Morgan fingerprint density at radius 2 is 1.60 bits per heavy atom. The van der Waals surface area contributed by atoms with Crippen LogP contribution in [0.2, 0.25) is 0 Å². The highest BCUT2D eigenvalue weighted by atomic mass is 16.2. The molecule has 4 heteroatoms. The Balaban J connectivity index is 3.95. The number of hydrogen-bond donors (Lipinski definition) is 2. The van der Waals surface area contributed by atoms with Gasteiger partial charge in [0.25, 0.3) is 0 Å². The molecule has 0 spiro atoms. The SMILES string of the molecule is CC(=O)NC(C)C(=O)N[C@H](C)CC(C)C. The van der Waals surface area contributed by atoms with E-state index in [1.54, 1.807) is 6.92 Å². The zero-order valence-corrected chi connectivity index (χ0v) is 10.3. The summed E-state index contributed by atoms with van der Waals surface area (Å²) >= 11 is 0. The average Bonchev–Trinajstić information content (AvgIpc) is 2.00. The molecule has 0 bridgehead atoms. The fourth-order valence-corrected chi connectivity index (χ4v) is 1.50. The first-order chi connectivity index (χ1) is 6.82. The van der Waals surface area contributed by atoms with Gasteiger partial charge in [0, 0.05) is 13.0 Å². The summed E-state index contributed by atoms with van der Waals surface area (Å²) in [6, 6.07) is -0.314. The third-order valence-electron chi connectivity index (χ3n) is 2.03. The second-order valence-electron chi connectivity index (χ2n) is 4.46. The van der Waals surface area contributed by atoms with Gasteiger partial charge in [-0.15, -0.1) is 0 Å². The Bertz CT molecular complexity index is 227. The molecule has 0 aromatic carbocycles. The Kier molecular flexibility index (Phi) is 5.97. The molecule has 0 heterocycles. The number of rotatable bonds is 5. The van der Waals surface area contributed by atoms with Gasteiger partial charge in [-0.1, -0.05) is 13.8 Å². The van der Waals surface area contributed by atoms with Crippen molar-refractivity contribution in [2.24, 2.45) is 5.92 Å². The predicted octanol–water partition coefficient (Wildman–Crippen LogP) is 1.06. The molecule has 0 aromatic heterocycles. The summed E-state index contributed by atoms with van der Waals surface area (Å²) in [5.74, 6) is 0.240. The Morgan fingerprint density at radius 1 is 1.07 bits per heavy atom. The number of hydrogen-bond acceptors (Lipinski definition) is 2. The van der Waals surface area contributed by atoms with Crippen LogP contribution in [0, 0.1) is 5.92 Å². The summed E-state index contributed by atoms with van der Waals surface area (Å²) in [5, 5.41) is 5.41. The molecule has 0 aliphatic heterocycles. The molecule has 0 fully saturated rings. The molecule has 0 rings (SSSR count). The van der Waals surface area contributed by atoms with E-state index in [4.69, 9.17) is 0 Å². The predicted molar refractivity (Wildman–Crippen MR) is 60.3 cm³/mol. The molecule has 88 valence electrons. The standard InChI is InChI=1S/C11H22N2O2/c1-7(2)6-8(3)12-11(15)9(4)13-10(5)14/h7-9H,6H2,1-5H3,(H,12,15)(H,13,14)/t8-,9?/m1/s1. The van der Waals surface area contributed by atoms with Crippen LogP contribution in [-0.2, 0) is 9.59 Å². The third kappa shape index (κ3) is 6.94. The van der Waals surface area contributed by atoms with E-state index >= 15 is 0 Å². The molecule has 4 nitrogen and oxygen atoms in total. The van der Waals surface area contributed by atoms with Crippen molar-refractivity contribution in [3.8, 4) is 0 Å². The zero-order chi connectivity index (χ0) is 12.0. The van der Waals surface area contributed by atoms with E-state index in [-0.39, 0.29) is 17.9 Å². The van der Waals surface area contributed by atoms with Crippen LogP contribution >= 0.6 is 0 Å². The monoisotopic (exact) mass is 214 g/mol. The average molecular weight is 214 g/mol. The fraction of sp³-hybridized carbons (Fsp3) is 0.818. The molecule has 15 heavy (non-hydrogen) atoms. The van der Waals surface area contributed by atoms with Gasteiger partial charge in [0.05, 0.1) is 0 Å². The van der Waals surface area contributed by atoms with Gasteiger partial charge in [-0.3, -0.25) is 9.59 Å². The van der Waals surface area contributed by atoms with Crippen LogP contribution in [0.25, 0.3) is 0 Å². The smallest absolute Gasteiger partial charge is 0.242 e. The van der Waals surface area contributed by atoms with Gasteiger partial charge in [-0.25, -0.2) is 0 Å². The zero-order valence-electron chi connectivity index (χ0n) is 10.3. The lowest BCUT2D eigenvalue weighted by Gasteiger charge is -2.19. The Labute approximate surface area is 91.8 Å². The van der Waals surface area contributed by atoms with Crippen molar-refractivity contribution >= 4 is 11.8 Å². The van der Waals surface area contributed by atoms with Gasteiger partial charge in [0.15, 0.2) is 0 Å². The molecule has 0 aliphatic carbocycles. The lowest BCUT2D eigenvalue weighted by molar-refractivity contribution is -0.128. The van der Waals surface area contributed by atoms with Gasteiger partial charge in [0.1, 0.15) is 6.04 Å². The highest BCUT2D eigenvalue weighted by Crippen LogP contribution is 2.03. The topological polar surface area (TPSA) is 58.2 Å². The van der Waals surface area contributed by atoms with Crippen molar-refractivity contribution in [3.05, 3.63) is 0 Å². The van der Waals surface area contributed by atoms with Gasteiger partial charge in [-0.05, 0) is 26.2 Å². The van der Waals surface area contributed by atoms with E-state index in [2.05, 4.69) is 24.5 Å². The number of amides is 2. The molecule has 0 radical (unpaired) electrons. The van der Waals surface area contributed by atoms with Crippen LogP contribution in [0.1, 0.15) is 41.0 Å². The second-order valence-corrected chi connectivity index (χ2v) is 4.46. The van der Waals surface area contributed by atoms with Crippen LogP contribution in [0.3, 0.4) is 0 Å². The van der Waals surface area contributed by atoms with E-state index in [1.165, 1.54) is 6.92 Å². The largest absolute Gasteiger partial charge is 0.352 e. The summed E-state index contributed by atoms with van der Waals surface area (Å²) in [6.07, 6.45) is 0.943. The minimum atomic E-state index is -0.461. The molecule has 2 amide bonds. The first-order valence-corrected chi connectivity index (χ1v) is 5.40. The Hall–Kier alpha value is -1.06. The summed E-state index contributed by atoms with van der Waals surface area (Å²) in [5.41, 5.74) is 0. The van der Waals surface area contributed by atoms with Gasteiger partial charge < -0.3 is 10.6 Å². The van der Waals surface area contributed by atoms with E-state index in [9.17, 15) is 9.59 Å². The number of carbonyl (C=O) groups is 2. The molecule has 0 saturated carbocycles. The maximum atomic E-state index is 11.5. The fourth-order valence-electron chi connectivity index (χ4n) is 1.50. The van der Waals surface area contributed by atoms with Crippen LogP contribution in [0.4, 0.5) is 0 Å². The normalized spacial score (nSPS) is 14.5. The minimum absolute atomic E-state index is 0.127. The summed E-state index contributed by atoms with van der Waals surface area (Å²) in [6.45, 7) is 9.28. The number of nitrogens with one attached hydrogen (secondary N) is 2. The highest BCUT2D eigenvalue weighted by Gasteiger charge is 2.16. The van der Waals surface area contributed by atoms with Crippen molar-refractivity contribution in [2.75, 3.05) is 0 Å². The summed E-state index contributed by atoms with van der Waals surface area (Å²) < 4.78 is 0. The molecule has 1 unspecified atom stereocenters. The van der Waals surface area contributed by atoms with Crippen molar-refractivity contribution in [1.82, 2.24) is 10.6 Å². The summed E-state index contributed by atoms with van der Waals surface area (Å²) in [7, 11) is 0. The van der Waals surface area contributed by atoms with Crippen LogP contribution < -0.4 is 10.6 Å². The number of carbonyl (C=O) groups excluding carboxylic acids is 2. The van der Waals surface area contributed by atoms with Crippen LogP contribution in [0.5, 0.6) is 0 Å². The van der Waals surface area contributed by atoms with E-state index in [0.717, 1.165) is 6.42 Å². The first kappa shape index (κ1) is 13.9. The molecule has 0 aliphatic rings. The second kappa shape index (κ2) is 6.43. The molecule has 0 saturated heterocycles. The third-order valence-corrected chi connectivity index (χ3v) is 2.03. The van der Waals surface area contributed by atoms with E-state index < -0.39 is 6.04 Å². The van der Waals surface area contributed by atoms with E-state index in [1.807, 2.05) is 6.92 Å². The van der Waals surface area contributed by atoms with Crippen molar-refractivity contribution < 1.29 is 9.59 Å². The van der Waals surface area contributed by atoms with Gasteiger partial charge in [-0.2, -0.15) is 0 Å². The summed E-state index contributed by atoms with van der Waals surface area (Å²) in [4.78, 5) is 22.3. The van der Waals surface area contributed by atoms with Crippen molar-refractivity contribution in [3.63, 3.8) is 0 Å².